The van der Waals surface area contributed by atoms with Gasteiger partial charge in [-0.1, -0.05) is 23.7 Å². The summed E-state index contributed by atoms with van der Waals surface area (Å²) in [6.45, 7) is 0. The molecule has 0 spiro atoms. The number of aromatic nitrogens is 2. The lowest BCUT2D eigenvalue weighted by molar-refractivity contribution is 0.0936. The molecule has 0 unspecified atom stereocenters. The van der Waals surface area contributed by atoms with E-state index in [-0.39, 0.29) is 23.5 Å². The molecule has 3 rings (SSSR count). The third-order valence-electron chi connectivity index (χ3n) is 3.53. The molecule has 1 aliphatic rings. The van der Waals surface area contributed by atoms with Gasteiger partial charge in [-0.15, -0.1) is 0 Å². The fourth-order valence-electron chi connectivity index (χ4n) is 2.38. The van der Waals surface area contributed by atoms with Crippen LogP contribution >= 0.6 is 11.6 Å². The summed E-state index contributed by atoms with van der Waals surface area (Å²) in [5.41, 5.74) is 1.76. The Hall–Kier alpha value is -1.86. The second-order valence-electron chi connectivity index (χ2n) is 5.25. The molecule has 6 nitrogen and oxygen atoms in total. The highest BCUT2D eigenvalue weighted by atomic mass is 35.5. The molecule has 0 radical (unpaired) electrons. The first-order valence-electron chi connectivity index (χ1n) is 6.75. The molecule has 0 bridgehead atoms. The molecular formula is C14H14ClN3O3S. The number of halogens is 1. The summed E-state index contributed by atoms with van der Waals surface area (Å²) in [7, 11) is -3.02. The second-order valence-corrected chi connectivity index (χ2v) is 7.91. The first kappa shape index (κ1) is 15.1. The summed E-state index contributed by atoms with van der Waals surface area (Å²) in [4.78, 5) is 12.1. The van der Waals surface area contributed by atoms with Crippen molar-refractivity contribution in [2.45, 2.75) is 12.5 Å². The molecule has 116 valence electrons. The van der Waals surface area contributed by atoms with Crippen LogP contribution in [0.2, 0.25) is 5.02 Å². The zero-order valence-corrected chi connectivity index (χ0v) is 13.1. The second kappa shape index (κ2) is 5.73. The molecule has 1 atom stereocenters. The average Bonchev–Trinajstić information content (AvgIpc) is 3.06. The molecular weight excluding hydrogens is 326 g/mol. The zero-order valence-electron chi connectivity index (χ0n) is 11.5. The number of rotatable bonds is 3. The minimum atomic E-state index is -3.02. The van der Waals surface area contributed by atoms with Gasteiger partial charge in [-0.3, -0.25) is 9.89 Å². The van der Waals surface area contributed by atoms with Crippen molar-refractivity contribution in [3.63, 3.8) is 0 Å². The molecule has 1 saturated heterocycles. The predicted octanol–water partition coefficient (Wildman–Crippen LogP) is 1.65. The number of hydrogen-bond donors (Lipinski definition) is 2. The van der Waals surface area contributed by atoms with Crippen LogP contribution in [-0.2, 0) is 9.84 Å². The molecule has 8 heteroatoms. The first-order chi connectivity index (χ1) is 10.4. The smallest absolute Gasteiger partial charge is 0.269 e. The Kier molecular flexibility index (Phi) is 3.92. The number of aromatic amines is 1. The first-order valence-corrected chi connectivity index (χ1v) is 8.95. The van der Waals surface area contributed by atoms with Crippen LogP contribution in [0, 0.1) is 0 Å². The van der Waals surface area contributed by atoms with Crippen LogP contribution in [0.5, 0.6) is 0 Å². The fourth-order valence-corrected chi connectivity index (χ4v) is 4.18. The number of carbonyl (C=O) groups excluding carboxylic acids is 1. The highest BCUT2D eigenvalue weighted by molar-refractivity contribution is 7.91. The highest BCUT2D eigenvalue weighted by Gasteiger charge is 2.29. The van der Waals surface area contributed by atoms with Gasteiger partial charge >= 0.3 is 0 Å². The minimum Gasteiger partial charge on any atom is -0.347 e. The number of H-pyrrole nitrogens is 1. The van der Waals surface area contributed by atoms with Gasteiger partial charge in [-0.25, -0.2) is 8.42 Å². The molecule has 2 N–H and O–H groups in total. The maximum atomic E-state index is 12.1. The van der Waals surface area contributed by atoms with Crippen LogP contribution in [0.3, 0.4) is 0 Å². The number of sulfone groups is 1. The van der Waals surface area contributed by atoms with Crippen molar-refractivity contribution in [1.82, 2.24) is 15.5 Å². The van der Waals surface area contributed by atoms with Crippen molar-refractivity contribution >= 4 is 27.3 Å². The summed E-state index contributed by atoms with van der Waals surface area (Å²) < 4.78 is 22.8. The summed E-state index contributed by atoms with van der Waals surface area (Å²) in [6.07, 6.45) is 0.451. The van der Waals surface area contributed by atoms with E-state index >= 15 is 0 Å². The third-order valence-corrected chi connectivity index (χ3v) is 5.55. The maximum absolute atomic E-state index is 12.1. The van der Waals surface area contributed by atoms with Crippen molar-refractivity contribution in [2.75, 3.05) is 11.5 Å². The fraction of sp³-hybridized carbons (Fsp3) is 0.286. The number of benzene rings is 1. The van der Waals surface area contributed by atoms with Crippen molar-refractivity contribution in [1.29, 1.82) is 0 Å². The number of nitrogens with zero attached hydrogens (tertiary/aromatic N) is 1. The van der Waals surface area contributed by atoms with Crippen LogP contribution in [0.4, 0.5) is 0 Å². The number of carbonyl (C=O) groups is 1. The third kappa shape index (κ3) is 3.31. The highest BCUT2D eigenvalue weighted by Crippen LogP contribution is 2.20. The van der Waals surface area contributed by atoms with Gasteiger partial charge in [0.2, 0.25) is 0 Å². The molecule has 1 amide bonds. The Morgan fingerprint density at radius 3 is 2.68 bits per heavy atom. The van der Waals surface area contributed by atoms with E-state index in [0.29, 0.717) is 22.8 Å². The largest absolute Gasteiger partial charge is 0.347 e. The van der Waals surface area contributed by atoms with Gasteiger partial charge in [-0.05, 0) is 24.6 Å². The van der Waals surface area contributed by atoms with Gasteiger partial charge in [-0.2, -0.15) is 5.10 Å². The lowest BCUT2D eigenvalue weighted by atomic mass is 10.1. The Morgan fingerprint density at radius 1 is 1.32 bits per heavy atom. The number of amides is 1. The topological polar surface area (TPSA) is 91.9 Å². The lowest BCUT2D eigenvalue weighted by Gasteiger charge is -2.08. The summed E-state index contributed by atoms with van der Waals surface area (Å²) >= 11 is 5.83. The molecule has 22 heavy (non-hydrogen) atoms. The zero-order chi connectivity index (χ0) is 15.7. The lowest BCUT2D eigenvalue weighted by Crippen LogP contribution is -2.35. The van der Waals surface area contributed by atoms with Crippen molar-refractivity contribution in [3.05, 3.63) is 41.0 Å². The van der Waals surface area contributed by atoms with Gasteiger partial charge in [0.15, 0.2) is 9.84 Å². The Bertz CT molecular complexity index is 799. The Labute approximate surface area is 132 Å². The van der Waals surface area contributed by atoms with Gasteiger partial charge in [0.25, 0.3) is 5.91 Å². The summed E-state index contributed by atoms with van der Waals surface area (Å²) in [5, 5.41) is 10.1. The molecule has 2 heterocycles. The number of hydrogen-bond acceptors (Lipinski definition) is 4. The Morgan fingerprint density at radius 2 is 2.05 bits per heavy atom. The van der Waals surface area contributed by atoms with Gasteiger partial charge in [0, 0.05) is 16.6 Å². The standard InChI is InChI=1S/C14H14ClN3O3S/c15-10-3-1-9(2-4-10)12-7-13(18-17-12)14(19)16-11-5-6-22(20,21)8-11/h1-4,7,11H,5-6,8H2,(H,16,19)(H,17,18)/t11-/m1/s1. The molecule has 1 aromatic heterocycles. The van der Waals surface area contributed by atoms with E-state index in [0.717, 1.165) is 5.56 Å². The van der Waals surface area contributed by atoms with Crippen LogP contribution < -0.4 is 5.32 Å². The monoisotopic (exact) mass is 339 g/mol. The van der Waals surface area contributed by atoms with Crippen LogP contribution in [0.1, 0.15) is 16.9 Å². The van der Waals surface area contributed by atoms with E-state index in [1.807, 2.05) is 12.1 Å². The van der Waals surface area contributed by atoms with Crippen molar-refractivity contribution in [2.24, 2.45) is 0 Å². The average molecular weight is 340 g/mol. The SMILES string of the molecule is O=C(N[C@@H]1CCS(=O)(=O)C1)c1cc(-c2ccc(Cl)cc2)n[nH]1. The van der Waals surface area contributed by atoms with Crippen LogP contribution in [0.15, 0.2) is 30.3 Å². The molecule has 1 aromatic carbocycles. The van der Waals surface area contributed by atoms with Gasteiger partial charge in [0.05, 0.1) is 17.2 Å². The van der Waals surface area contributed by atoms with Gasteiger partial charge in [0.1, 0.15) is 5.69 Å². The van der Waals surface area contributed by atoms with E-state index in [2.05, 4.69) is 15.5 Å². The quantitative estimate of drug-likeness (QED) is 0.889. The van der Waals surface area contributed by atoms with Crippen LogP contribution in [-0.4, -0.2) is 42.1 Å². The summed E-state index contributed by atoms with van der Waals surface area (Å²) in [6, 6.07) is 8.40. The molecule has 0 saturated carbocycles. The predicted molar refractivity (Wildman–Crippen MR) is 83.6 cm³/mol. The van der Waals surface area contributed by atoms with E-state index in [1.165, 1.54) is 0 Å². The molecule has 2 aromatic rings. The van der Waals surface area contributed by atoms with Crippen molar-refractivity contribution < 1.29 is 13.2 Å². The van der Waals surface area contributed by atoms with Crippen LogP contribution in [0.25, 0.3) is 11.3 Å². The molecule has 0 aliphatic carbocycles. The van der Waals surface area contributed by atoms with E-state index < -0.39 is 9.84 Å². The van der Waals surface area contributed by atoms with E-state index in [4.69, 9.17) is 11.6 Å². The van der Waals surface area contributed by atoms with Gasteiger partial charge < -0.3 is 5.32 Å². The minimum absolute atomic E-state index is 0.00306. The number of nitrogens with one attached hydrogen (secondary N) is 2. The maximum Gasteiger partial charge on any atom is 0.269 e. The van der Waals surface area contributed by atoms with E-state index in [9.17, 15) is 13.2 Å². The summed E-state index contributed by atoms with van der Waals surface area (Å²) in [5.74, 6) is -0.233. The molecule has 1 aliphatic heterocycles. The van der Waals surface area contributed by atoms with Crippen molar-refractivity contribution in [3.8, 4) is 11.3 Å². The van der Waals surface area contributed by atoms with E-state index in [1.54, 1.807) is 18.2 Å². The Balaban J connectivity index is 1.71. The molecule has 1 fully saturated rings. The normalized spacial score (nSPS) is 20.0.